The number of phosphoric ester groups is 1. The molecule has 0 saturated carbocycles. The van der Waals surface area contributed by atoms with Gasteiger partial charge in [0.2, 0.25) is 0 Å². The minimum Gasteiger partial charge on any atom is -0.462 e. The highest BCUT2D eigenvalue weighted by Gasteiger charge is 2.26. The average molecular weight is 866 g/mol. The van der Waals surface area contributed by atoms with Crippen molar-refractivity contribution in [3.05, 3.63) is 60.8 Å². The van der Waals surface area contributed by atoms with Crippen LogP contribution >= 0.6 is 7.82 Å². The number of hydrogen-bond donors (Lipinski definition) is 3. The third kappa shape index (κ3) is 43.7. The van der Waals surface area contributed by atoms with E-state index in [2.05, 4.69) is 50.3 Å². The zero-order valence-corrected chi connectivity index (χ0v) is 38.9. The molecule has 0 heterocycles. The molecule has 0 radical (unpaired) electrons. The van der Waals surface area contributed by atoms with Gasteiger partial charge in [0.05, 0.1) is 19.3 Å². The summed E-state index contributed by atoms with van der Waals surface area (Å²) in [5, 5.41) is 9.82. The van der Waals surface area contributed by atoms with Crippen LogP contribution in [0.1, 0.15) is 200 Å². The summed E-state index contributed by atoms with van der Waals surface area (Å²) in [6, 6.07) is 0. The van der Waals surface area contributed by atoms with Gasteiger partial charge in [0, 0.05) is 19.4 Å². The van der Waals surface area contributed by atoms with Gasteiger partial charge in [0.25, 0.3) is 0 Å². The Balaban J connectivity index is 4.18. The summed E-state index contributed by atoms with van der Waals surface area (Å²) in [6.45, 7) is 3.50. The summed E-state index contributed by atoms with van der Waals surface area (Å²) in [5.41, 5.74) is 5.35. The summed E-state index contributed by atoms with van der Waals surface area (Å²) >= 11 is 0. The van der Waals surface area contributed by atoms with E-state index in [1.165, 1.54) is 96.3 Å². The smallest absolute Gasteiger partial charge is 0.462 e. The van der Waals surface area contributed by atoms with Crippen LogP contribution in [0, 0.1) is 0 Å². The summed E-state index contributed by atoms with van der Waals surface area (Å²) < 4.78 is 32.8. The van der Waals surface area contributed by atoms with Gasteiger partial charge in [-0.1, -0.05) is 177 Å². The molecule has 0 rings (SSSR count). The third-order valence-electron chi connectivity index (χ3n) is 9.95. The maximum absolute atomic E-state index is 12.6. The second-order valence-corrected chi connectivity index (χ2v) is 17.2. The molecule has 0 amide bonds. The number of carbonyl (C=O) groups excluding carboxylic acids is 2. The van der Waals surface area contributed by atoms with Gasteiger partial charge in [-0.05, 0) is 70.6 Å². The van der Waals surface area contributed by atoms with E-state index in [4.69, 9.17) is 24.3 Å². The molecule has 0 aliphatic heterocycles. The lowest BCUT2D eigenvalue weighted by Crippen LogP contribution is -2.29. The van der Waals surface area contributed by atoms with Gasteiger partial charge in [-0.2, -0.15) is 0 Å². The predicted molar refractivity (Wildman–Crippen MR) is 249 cm³/mol. The molecule has 3 atom stereocenters. The number of rotatable bonds is 44. The topological polar surface area (TPSA) is 155 Å². The highest BCUT2D eigenvalue weighted by Crippen LogP contribution is 2.43. The van der Waals surface area contributed by atoms with Crippen LogP contribution in [0.25, 0.3) is 0 Å². The lowest BCUT2D eigenvalue weighted by molar-refractivity contribution is -0.161. The number of aliphatic hydroxyl groups is 1. The summed E-state index contributed by atoms with van der Waals surface area (Å²) in [7, 11) is -4.41. The Morgan fingerprint density at radius 3 is 1.60 bits per heavy atom. The Kier molecular flexibility index (Phi) is 43.0. The van der Waals surface area contributed by atoms with Crippen molar-refractivity contribution in [3.63, 3.8) is 0 Å². The molecule has 348 valence electrons. The van der Waals surface area contributed by atoms with Crippen LogP contribution in [-0.4, -0.2) is 60.5 Å². The largest absolute Gasteiger partial charge is 0.472 e. The highest BCUT2D eigenvalue weighted by atomic mass is 31.2. The maximum atomic E-state index is 12.6. The molecular formula is C49H88NO9P. The molecule has 11 heteroatoms. The number of carbonyl (C=O) groups is 2. The summed E-state index contributed by atoms with van der Waals surface area (Å²) in [6.07, 6.45) is 50.3. The number of aliphatic hydroxyl groups excluding tert-OH is 1. The number of nitrogens with two attached hydrogens (primary N) is 1. The van der Waals surface area contributed by atoms with Gasteiger partial charge in [0.1, 0.15) is 6.61 Å². The van der Waals surface area contributed by atoms with Gasteiger partial charge in [-0.3, -0.25) is 18.6 Å². The van der Waals surface area contributed by atoms with E-state index in [9.17, 15) is 24.2 Å². The molecular weight excluding hydrogens is 778 g/mol. The number of phosphoric acid groups is 1. The SMILES string of the molecule is CCCCCCCC/C=C\CCCCCCCCCCCCCC(=O)OC[C@H](COP(=O)(O)OCCN)OC(=O)CCC/C=C\C/C=C\C/C=C\C/C=C\[C@H](O)CCCC. The first-order valence-corrected chi connectivity index (χ1v) is 25.3. The van der Waals surface area contributed by atoms with E-state index in [1.807, 2.05) is 24.3 Å². The quantitative estimate of drug-likeness (QED) is 0.0233. The second-order valence-electron chi connectivity index (χ2n) is 15.8. The van der Waals surface area contributed by atoms with Crippen molar-refractivity contribution in [1.82, 2.24) is 0 Å². The van der Waals surface area contributed by atoms with Crippen LogP contribution in [0.15, 0.2) is 60.8 Å². The molecule has 1 unspecified atom stereocenters. The zero-order chi connectivity index (χ0) is 44.0. The molecule has 0 aromatic rings. The number of allylic oxidation sites excluding steroid dienone is 9. The van der Waals surface area contributed by atoms with Gasteiger partial charge in [-0.15, -0.1) is 0 Å². The summed E-state index contributed by atoms with van der Waals surface area (Å²) in [5.74, 6) is -0.917. The van der Waals surface area contributed by atoms with E-state index < -0.39 is 32.5 Å². The number of unbranched alkanes of at least 4 members (excludes halogenated alkanes) is 19. The lowest BCUT2D eigenvalue weighted by Gasteiger charge is -2.19. The number of hydrogen-bond acceptors (Lipinski definition) is 9. The molecule has 0 aliphatic carbocycles. The molecule has 0 fully saturated rings. The van der Waals surface area contributed by atoms with Crippen LogP contribution in [0.2, 0.25) is 0 Å². The Morgan fingerprint density at radius 2 is 1.03 bits per heavy atom. The normalized spacial score (nSPS) is 14.3. The summed E-state index contributed by atoms with van der Waals surface area (Å²) in [4.78, 5) is 34.9. The van der Waals surface area contributed by atoms with Crippen LogP contribution in [0.3, 0.4) is 0 Å². The first kappa shape index (κ1) is 57.7. The van der Waals surface area contributed by atoms with Crippen LogP contribution in [0.4, 0.5) is 0 Å². The molecule has 60 heavy (non-hydrogen) atoms. The van der Waals surface area contributed by atoms with Crippen molar-refractivity contribution in [2.75, 3.05) is 26.4 Å². The molecule has 0 aromatic heterocycles. The second kappa shape index (κ2) is 44.7. The predicted octanol–water partition coefficient (Wildman–Crippen LogP) is 13.0. The first-order chi connectivity index (χ1) is 29.2. The van der Waals surface area contributed by atoms with Crippen LogP contribution < -0.4 is 5.73 Å². The Bertz CT molecular complexity index is 1190. The van der Waals surface area contributed by atoms with E-state index in [1.54, 1.807) is 0 Å². The first-order valence-electron chi connectivity index (χ1n) is 23.9. The Labute approximate surface area is 366 Å². The van der Waals surface area contributed by atoms with Crippen molar-refractivity contribution in [3.8, 4) is 0 Å². The molecule has 0 aliphatic rings. The molecule has 4 N–H and O–H groups in total. The van der Waals surface area contributed by atoms with Crippen molar-refractivity contribution < 1.29 is 42.7 Å². The van der Waals surface area contributed by atoms with Crippen LogP contribution in [-0.2, 0) is 32.7 Å². The number of ether oxygens (including phenoxy) is 2. The molecule has 0 aromatic carbocycles. The van der Waals surface area contributed by atoms with Crippen molar-refractivity contribution in [2.45, 2.75) is 212 Å². The van der Waals surface area contributed by atoms with E-state index in [-0.39, 0.29) is 38.7 Å². The fourth-order valence-corrected chi connectivity index (χ4v) is 7.11. The van der Waals surface area contributed by atoms with Gasteiger partial charge in [0.15, 0.2) is 6.10 Å². The van der Waals surface area contributed by atoms with E-state index >= 15 is 0 Å². The van der Waals surface area contributed by atoms with E-state index in [0.29, 0.717) is 12.8 Å². The average Bonchev–Trinajstić information content (AvgIpc) is 3.23. The maximum Gasteiger partial charge on any atom is 0.472 e. The molecule has 10 nitrogen and oxygen atoms in total. The minimum absolute atomic E-state index is 0.0360. The highest BCUT2D eigenvalue weighted by molar-refractivity contribution is 7.47. The molecule has 0 spiro atoms. The Hall–Kier alpha value is -2.33. The minimum atomic E-state index is -4.41. The van der Waals surface area contributed by atoms with Crippen molar-refractivity contribution >= 4 is 19.8 Å². The van der Waals surface area contributed by atoms with Crippen molar-refractivity contribution in [1.29, 1.82) is 0 Å². The fourth-order valence-electron chi connectivity index (χ4n) is 6.35. The monoisotopic (exact) mass is 866 g/mol. The van der Waals surface area contributed by atoms with E-state index in [0.717, 1.165) is 64.2 Å². The van der Waals surface area contributed by atoms with Gasteiger partial charge >= 0.3 is 19.8 Å². The van der Waals surface area contributed by atoms with Crippen LogP contribution in [0.5, 0.6) is 0 Å². The fraction of sp³-hybridized carbons (Fsp3) is 0.755. The number of esters is 2. The van der Waals surface area contributed by atoms with Crippen molar-refractivity contribution in [2.24, 2.45) is 5.73 Å². The van der Waals surface area contributed by atoms with Gasteiger partial charge < -0.3 is 25.2 Å². The van der Waals surface area contributed by atoms with Gasteiger partial charge in [-0.25, -0.2) is 4.57 Å². The molecule has 0 saturated heterocycles. The lowest BCUT2D eigenvalue weighted by atomic mass is 10.0. The zero-order valence-electron chi connectivity index (χ0n) is 38.0. The Morgan fingerprint density at radius 1 is 0.567 bits per heavy atom. The third-order valence-corrected chi connectivity index (χ3v) is 10.9. The standard InChI is InChI=1S/C49H88NO9P/c1-3-5-7-8-9-10-11-12-13-14-15-16-17-18-19-20-24-27-30-33-36-40-48(52)56-44-47(45-58-60(54,55)57-43-42-50)59-49(53)41-37-34-31-28-25-22-21-23-26-29-32-35-39-46(51)38-6-4-2/h12-13,21-22,26,28-29,31,35,39,46-47,51H,3-11,14-20,23-25,27,30,32-34,36-38,40-45,50H2,1-2H3,(H,54,55)/b13-12-,22-21-,29-26-,31-28-,39-35-/t46-,47-/m1/s1. The molecule has 0 bridgehead atoms.